The van der Waals surface area contributed by atoms with Gasteiger partial charge < -0.3 is 9.84 Å². The van der Waals surface area contributed by atoms with Gasteiger partial charge in [0.05, 0.1) is 18.6 Å². The lowest BCUT2D eigenvalue weighted by molar-refractivity contribution is -0.152. The summed E-state index contributed by atoms with van der Waals surface area (Å²) >= 11 is 0. The van der Waals surface area contributed by atoms with E-state index in [1.165, 1.54) is 12.1 Å². The fourth-order valence-corrected chi connectivity index (χ4v) is 1.93. The van der Waals surface area contributed by atoms with Crippen LogP contribution in [0.25, 0.3) is 0 Å². The largest absolute Gasteiger partial charge is 0.466 e. The van der Waals surface area contributed by atoms with E-state index < -0.39 is 29.6 Å². The van der Waals surface area contributed by atoms with Gasteiger partial charge in [0.15, 0.2) is 11.6 Å². The van der Waals surface area contributed by atoms with Gasteiger partial charge in [-0.1, -0.05) is 25.5 Å². The van der Waals surface area contributed by atoms with Crippen molar-refractivity contribution in [2.75, 3.05) is 6.61 Å². The first-order chi connectivity index (χ1) is 9.02. The summed E-state index contributed by atoms with van der Waals surface area (Å²) in [4.78, 5) is 11.7. The van der Waals surface area contributed by atoms with Crippen molar-refractivity contribution in [1.29, 1.82) is 0 Å². The lowest BCUT2D eigenvalue weighted by atomic mass is 9.91. The first-order valence-corrected chi connectivity index (χ1v) is 6.31. The first kappa shape index (κ1) is 15.6. The van der Waals surface area contributed by atoms with E-state index in [1.807, 2.05) is 6.92 Å². The Morgan fingerprint density at radius 1 is 1.37 bits per heavy atom. The van der Waals surface area contributed by atoms with Crippen molar-refractivity contribution in [2.24, 2.45) is 5.92 Å². The zero-order chi connectivity index (χ0) is 14.4. The number of carbonyl (C=O) groups is 1. The standard InChI is InChI=1S/C14H18F2O3/c1-3-6-10(14(18)19-4-2)13(17)9-7-5-8-11(15)12(9)16/h5,7-8,10,13,17H,3-4,6H2,1-2H3. The highest BCUT2D eigenvalue weighted by atomic mass is 19.2. The van der Waals surface area contributed by atoms with Gasteiger partial charge in [-0.3, -0.25) is 4.79 Å². The summed E-state index contributed by atoms with van der Waals surface area (Å²) < 4.78 is 31.6. The third kappa shape index (κ3) is 3.73. The number of benzene rings is 1. The molecule has 2 atom stereocenters. The van der Waals surface area contributed by atoms with Crippen LogP contribution in [0.5, 0.6) is 0 Å². The normalized spacial score (nSPS) is 13.9. The van der Waals surface area contributed by atoms with Crippen molar-refractivity contribution in [3.8, 4) is 0 Å². The number of aliphatic hydroxyl groups is 1. The van der Waals surface area contributed by atoms with E-state index in [0.717, 1.165) is 6.07 Å². The molecular formula is C14H18F2O3. The second kappa shape index (κ2) is 7.19. The van der Waals surface area contributed by atoms with E-state index in [1.54, 1.807) is 6.92 Å². The predicted molar refractivity (Wildman–Crippen MR) is 66.3 cm³/mol. The maximum Gasteiger partial charge on any atom is 0.311 e. The fraction of sp³-hybridized carbons (Fsp3) is 0.500. The minimum Gasteiger partial charge on any atom is -0.466 e. The quantitative estimate of drug-likeness (QED) is 0.810. The van der Waals surface area contributed by atoms with Gasteiger partial charge in [-0.05, 0) is 19.4 Å². The molecule has 19 heavy (non-hydrogen) atoms. The van der Waals surface area contributed by atoms with Crippen LogP contribution in [0.1, 0.15) is 38.4 Å². The van der Waals surface area contributed by atoms with Crippen molar-refractivity contribution < 1.29 is 23.4 Å². The number of halogens is 2. The maximum absolute atomic E-state index is 13.6. The molecule has 0 aliphatic carbocycles. The van der Waals surface area contributed by atoms with Crippen LogP contribution in [0.2, 0.25) is 0 Å². The van der Waals surface area contributed by atoms with Crippen molar-refractivity contribution in [1.82, 2.24) is 0 Å². The molecule has 0 aromatic heterocycles. The van der Waals surface area contributed by atoms with Gasteiger partial charge in [0, 0.05) is 5.56 Å². The summed E-state index contributed by atoms with van der Waals surface area (Å²) in [5.74, 6) is -3.65. The van der Waals surface area contributed by atoms with Crippen LogP contribution >= 0.6 is 0 Å². The van der Waals surface area contributed by atoms with Crippen LogP contribution in [0, 0.1) is 17.6 Å². The molecule has 1 rings (SSSR count). The number of ether oxygens (including phenoxy) is 1. The van der Waals surface area contributed by atoms with E-state index >= 15 is 0 Å². The molecule has 1 aromatic carbocycles. The summed E-state index contributed by atoms with van der Waals surface area (Å²) in [7, 11) is 0. The number of rotatable bonds is 6. The Morgan fingerprint density at radius 2 is 2.05 bits per heavy atom. The lowest BCUT2D eigenvalue weighted by Crippen LogP contribution is -2.25. The van der Waals surface area contributed by atoms with Crippen LogP contribution in [-0.2, 0) is 9.53 Å². The molecule has 106 valence electrons. The molecule has 0 bridgehead atoms. The van der Waals surface area contributed by atoms with Gasteiger partial charge in [0.1, 0.15) is 0 Å². The van der Waals surface area contributed by atoms with Gasteiger partial charge in [0.25, 0.3) is 0 Å². The lowest BCUT2D eigenvalue weighted by Gasteiger charge is -2.21. The first-order valence-electron chi connectivity index (χ1n) is 6.31. The summed E-state index contributed by atoms with van der Waals surface area (Å²) in [6.45, 7) is 3.66. The zero-order valence-corrected chi connectivity index (χ0v) is 11.0. The number of aliphatic hydroxyl groups excluding tert-OH is 1. The Labute approximate surface area is 111 Å². The van der Waals surface area contributed by atoms with Crippen molar-refractivity contribution in [2.45, 2.75) is 32.8 Å². The smallest absolute Gasteiger partial charge is 0.311 e. The molecule has 1 aromatic rings. The van der Waals surface area contributed by atoms with E-state index in [0.29, 0.717) is 12.8 Å². The van der Waals surface area contributed by atoms with Crippen LogP contribution < -0.4 is 0 Å². The van der Waals surface area contributed by atoms with Crippen LogP contribution in [0.3, 0.4) is 0 Å². The molecule has 0 radical (unpaired) electrons. The van der Waals surface area contributed by atoms with Crippen molar-refractivity contribution in [3.05, 3.63) is 35.4 Å². The van der Waals surface area contributed by atoms with Crippen LogP contribution in [-0.4, -0.2) is 17.7 Å². The highest BCUT2D eigenvalue weighted by Crippen LogP contribution is 2.29. The molecule has 0 aliphatic rings. The van der Waals surface area contributed by atoms with Gasteiger partial charge in [-0.25, -0.2) is 8.78 Å². The van der Waals surface area contributed by atoms with E-state index in [-0.39, 0.29) is 12.2 Å². The molecule has 0 amide bonds. The molecule has 0 saturated carbocycles. The number of hydrogen-bond acceptors (Lipinski definition) is 3. The monoisotopic (exact) mass is 272 g/mol. The molecule has 3 nitrogen and oxygen atoms in total. The molecule has 5 heteroatoms. The highest BCUT2D eigenvalue weighted by Gasteiger charge is 2.30. The Balaban J connectivity index is 3.01. The average Bonchev–Trinajstić information content (AvgIpc) is 2.38. The zero-order valence-electron chi connectivity index (χ0n) is 11.0. The highest BCUT2D eigenvalue weighted by molar-refractivity contribution is 5.73. The van der Waals surface area contributed by atoms with E-state index in [4.69, 9.17) is 4.74 Å². The molecule has 0 heterocycles. The Bertz CT molecular complexity index is 435. The minimum atomic E-state index is -1.41. The predicted octanol–water partition coefficient (Wildman–Crippen LogP) is 2.98. The average molecular weight is 272 g/mol. The van der Waals surface area contributed by atoms with Gasteiger partial charge in [-0.2, -0.15) is 0 Å². The van der Waals surface area contributed by atoms with Crippen molar-refractivity contribution >= 4 is 5.97 Å². The second-order valence-electron chi connectivity index (χ2n) is 4.24. The summed E-state index contributed by atoms with van der Waals surface area (Å²) in [6, 6.07) is 3.53. The van der Waals surface area contributed by atoms with Gasteiger partial charge >= 0.3 is 5.97 Å². The molecule has 0 aliphatic heterocycles. The van der Waals surface area contributed by atoms with E-state index in [9.17, 15) is 18.7 Å². The molecule has 0 saturated heterocycles. The van der Waals surface area contributed by atoms with Crippen LogP contribution in [0.4, 0.5) is 8.78 Å². The molecule has 0 spiro atoms. The summed E-state index contributed by atoms with van der Waals surface area (Å²) in [5, 5.41) is 10.1. The second-order valence-corrected chi connectivity index (χ2v) is 4.24. The van der Waals surface area contributed by atoms with Gasteiger partial charge in [-0.15, -0.1) is 0 Å². The third-order valence-electron chi connectivity index (χ3n) is 2.87. The number of hydrogen-bond donors (Lipinski definition) is 1. The Morgan fingerprint density at radius 3 is 2.63 bits per heavy atom. The summed E-state index contributed by atoms with van der Waals surface area (Å²) in [6.07, 6.45) is -0.442. The Kier molecular flexibility index (Phi) is 5.89. The Hall–Kier alpha value is -1.49. The summed E-state index contributed by atoms with van der Waals surface area (Å²) in [5.41, 5.74) is -0.216. The van der Waals surface area contributed by atoms with Crippen LogP contribution in [0.15, 0.2) is 18.2 Å². The number of carbonyl (C=O) groups excluding carboxylic acids is 1. The fourth-order valence-electron chi connectivity index (χ4n) is 1.93. The SMILES string of the molecule is CCCC(C(=O)OCC)C(O)c1cccc(F)c1F. The maximum atomic E-state index is 13.6. The topological polar surface area (TPSA) is 46.5 Å². The molecular weight excluding hydrogens is 254 g/mol. The third-order valence-corrected chi connectivity index (χ3v) is 2.87. The molecule has 0 fully saturated rings. The number of esters is 1. The molecule has 1 N–H and O–H groups in total. The van der Waals surface area contributed by atoms with Gasteiger partial charge in [0.2, 0.25) is 0 Å². The van der Waals surface area contributed by atoms with E-state index in [2.05, 4.69) is 0 Å². The van der Waals surface area contributed by atoms with Crippen molar-refractivity contribution in [3.63, 3.8) is 0 Å². The molecule has 2 unspecified atom stereocenters. The minimum absolute atomic E-state index is 0.178.